The first kappa shape index (κ1) is 24.4. The summed E-state index contributed by atoms with van der Waals surface area (Å²) < 4.78 is 10.7. The highest BCUT2D eigenvalue weighted by atomic mass is 16.5. The molecule has 1 heterocycles. The van der Waals surface area contributed by atoms with Crippen molar-refractivity contribution in [1.29, 1.82) is 0 Å². The van der Waals surface area contributed by atoms with E-state index in [1.54, 1.807) is 32.4 Å². The predicted octanol–water partition coefficient (Wildman–Crippen LogP) is 5.25. The Balaban J connectivity index is 1.53. The maximum absolute atomic E-state index is 12.8. The first-order valence-electron chi connectivity index (χ1n) is 12.0. The van der Waals surface area contributed by atoms with Gasteiger partial charge in [-0.15, -0.1) is 0 Å². The van der Waals surface area contributed by atoms with Crippen LogP contribution in [0.15, 0.2) is 47.8 Å². The maximum Gasteiger partial charge on any atom is 0.257 e. The Bertz CT molecular complexity index is 1310. The number of carbonyl (C=O) groups is 1. The Morgan fingerprint density at radius 1 is 1.06 bits per heavy atom. The van der Waals surface area contributed by atoms with Gasteiger partial charge in [0.05, 0.1) is 25.3 Å². The lowest BCUT2D eigenvalue weighted by Crippen LogP contribution is -2.30. The predicted molar refractivity (Wildman–Crippen MR) is 140 cm³/mol. The normalized spacial score (nSPS) is 13.9. The van der Waals surface area contributed by atoms with E-state index in [4.69, 9.17) is 9.47 Å². The number of amides is 1. The smallest absolute Gasteiger partial charge is 0.257 e. The van der Waals surface area contributed by atoms with Crippen LogP contribution in [0.2, 0.25) is 0 Å². The zero-order valence-electron chi connectivity index (χ0n) is 20.6. The van der Waals surface area contributed by atoms with Crippen molar-refractivity contribution >= 4 is 28.2 Å². The number of benzene rings is 2. The summed E-state index contributed by atoms with van der Waals surface area (Å²) in [6.07, 6.45) is 6.15. The second kappa shape index (κ2) is 10.7. The van der Waals surface area contributed by atoms with Gasteiger partial charge in [0.2, 0.25) is 0 Å². The number of ether oxygens (including phenoxy) is 2. The molecule has 0 atom stereocenters. The average molecular weight is 476 g/mol. The summed E-state index contributed by atoms with van der Waals surface area (Å²) in [5.41, 5.74) is 3.44. The van der Waals surface area contributed by atoms with Crippen molar-refractivity contribution < 1.29 is 14.3 Å². The van der Waals surface area contributed by atoms with E-state index in [0.29, 0.717) is 46.3 Å². The molecule has 3 aromatic rings. The Morgan fingerprint density at radius 3 is 2.49 bits per heavy atom. The molecule has 1 fully saturated rings. The van der Waals surface area contributed by atoms with Crippen LogP contribution in [0.5, 0.6) is 11.5 Å². The lowest BCUT2D eigenvalue weighted by molar-refractivity contribution is 0.0943. The molecule has 1 saturated carbocycles. The van der Waals surface area contributed by atoms with Gasteiger partial charge in [-0.25, -0.2) is 0 Å². The largest absolute Gasteiger partial charge is 0.493 e. The van der Waals surface area contributed by atoms with Gasteiger partial charge in [0.25, 0.3) is 11.5 Å². The molecular weight excluding hydrogens is 442 g/mol. The Labute approximate surface area is 205 Å². The molecule has 0 bridgehead atoms. The third-order valence-electron chi connectivity index (χ3n) is 6.73. The number of aryl methyl sites for hydroxylation is 1. The lowest BCUT2D eigenvalue weighted by Gasteiger charge is -2.21. The van der Waals surface area contributed by atoms with E-state index >= 15 is 0 Å². The molecule has 184 valence electrons. The highest BCUT2D eigenvalue weighted by Crippen LogP contribution is 2.32. The van der Waals surface area contributed by atoms with E-state index < -0.39 is 0 Å². The molecule has 7 nitrogen and oxygen atoms in total. The van der Waals surface area contributed by atoms with Gasteiger partial charge in [-0.2, -0.15) is 0 Å². The minimum absolute atomic E-state index is 0.0890. The highest BCUT2D eigenvalue weighted by molar-refractivity contribution is 5.96. The molecular formula is C28H33N3O4. The van der Waals surface area contributed by atoms with Crippen molar-refractivity contribution in [2.45, 2.75) is 39.0 Å². The first-order valence-corrected chi connectivity index (χ1v) is 12.0. The van der Waals surface area contributed by atoms with Gasteiger partial charge >= 0.3 is 0 Å². The molecule has 0 saturated heterocycles. The summed E-state index contributed by atoms with van der Waals surface area (Å²) in [6.45, 7) is 6.75. The number of methoxy groups -OCH3 is 2. The maximum atomic E-state index is 12.8. The van der Waals surface area contributed by atoms with Gasteiger partial charge in [0.1, 0.15) is 0 Å². The van der Waals surface area contributed by atoms with E-state index in [-0.39, 0.29) is 11.5 Å². The molecule has 1 aliphatic rings. The van der Waals surface area contributed by atoms with Crippen LogP contribution >= 0.6 is 0 Å². The number of carbonyl (C=O) groups excluding carboxylic acids is 1. The van der Waals surface area contributed by atoms with Crippen LogP contribution in [-0.2, 0) is 0 Å². The van der Waals surface area contributed by atoms with Crippen LogP contribution < -0.4 is 25.7 Å². The summed E-state index contributed by atoms with van der Waals surface area (Å²) in [4.78, 5) is 28.5. The van der Waals surface area contributed by atoms with Crippen LogP contribution in [0.25, 0.3) is 16.6 Å². The number of H-pyrrole nitrogens is 1. The number of hydrogen-bond donors (Lipinski definition) is 3. The second-order valence-electron chi connectivity index (χ2n) is 9.15. The molecule has 0 aliphatic heterocycles. The molecule has 3 N–H and O–H groups in total. The van der Waals surface area contributed by atoms with Crippen molar-refractivity contribution in [3.8, 4) is 11.5 Å². The lowest BCUT2D eigenvalue weighted by atomic mass is 9.89. The fraction of sp³-hybridized carbons (Fsp3) is 0.357. The van der Waals surface area contributed by atoms with Gasteiger partial charge in [-0.1, -0.05) is 31.9 Å². The molecule has 1 aromatic heterocycles. The molecule has 1 aliphatic carbocycles. The molecule has 35 heavy (non-hydrogen) atoms. The third kappa shape index (κ3) is 5.50. The second-order valence-corrected chi connectivity index (χ2v) is 9.15. The van der Waals surface area contributed by atoms with Crippen molar-refractivity contribution in [3.05, 3.63) is 70.0 Å². The molecule has 0 spiro atoms. The number of rotatable bonds is 8. The Kier molecular flexibility index (Phi) is 7.44. The topological polar surface area (TPSA) is 92.4 Å². The molecule has 0 unspecified atom stereocenters. The van der Waals surface area contributed by atoms with E-state index in [1.807, 2.05) is 25.1 Å². The average Bonchev–Trinajstić information content (AvgIpc) is 2.87. The van der Waals surface area contributed by atoms with Gasteiger partial charge in [0, 0.05) is 34.9 Å². The van der Waals surface area contributed by atoms with Crippen LogP contribution in [-0.4, -0.2) is 31.7 Å². The summed E-state index contributed by atoms with van der Waals surface area (Å²) in [5.74, 6) is 1.58. The first-order chi connectivity index (χ1) is 16.9. The summed E-state index contributed by atoms with van der Waals surface area (Å²) in [6, 6.07) is 10.8. The minimum Gasteiger partial charge on any atom is -0.493 e. The summed E-state index contributed by atoms with van der Waals surface area (Å²) in [7, 11) is 3.12. The van der Waals surface area contributed by atoms with Gasteiger partial charge in [-0.05, 0) is 55.5 Å². The van der Waals surface area contributed by atoms with Crippen LogP contribution in [0.1, 0.15) is 53.6 Å². The number of anilines is 1. The SMILES string of the molecule is C=C(Nc1cc(C(=O)NCC2CCCCC2)ccc1C)c1cc2cc(OC)c(OC)cc2[nH]c1=O. The van der Waals surface area contributed by atoms with E-state index in [2.05, 4.69) is 22.2 Å². The molecule has 1 amide bonds. The highest BCUT2D eigenvalue weighted by Gasteiger charge is 2.16. The van der Waals surface area contributed by atoms with E-state index in [0.717, 1.165) is 16.6 Å². The quantitative estimate of drug-likeness (QED) is 0.414. The zero-order chi connectivity index (χ0) is 24.9. The van der Waals surface area contributed by atoms with Gasteiger partial charge < -0.3 is 25.1 Å². The Hall–Kier alpha value is -3.74. The molecule has 7 heteroatoms. The van der Waals surface area contributed by atoms with Crippen LogP contribution in [0.3, 0.4) is 0 Å². The molecule has 0 radical (unpaired) electrons. The zero-order valence-corrected chi connectivity index (χ0v) is 20.6. The Morgan fingerprint density at radius 2 is 1.77 bits per heavy atom. The van der Waals surface area contributed by atoms with Crippen LogP contribution in [0.4, 0.5) is 5.69 Å². The monoisotopic (exact) mass is 475 g/mol. The number of hydrogen-bond acceptors (Lipinski definition) is 5. The summed E-state index contributed by atoms with van der Waals surface area (Å²) in [5, 5.41) is 7.10. The number of nitrogens with one attached hydrogen (secondary N) is 3. The fourth-order valence-corrected chi connectivity index (χ4v) is 4.62. The number of aromatic nitrogens is 1. The molecule has 4 rings (SSSR count). The van der Waals surface area contributed by atoms with Crippen molar-refractivity contribution in [2.75, 3.05) is 26.1 Å². The molecule has 2 aromatic carbocycles. The van der Waals surface area contributed by atoms with Gasteiger partial charge in [0.15, 0.2) is 11.5 Å². The van der Waals surface area contributed by atoms with Crippen molar-refractivity contribution in [1.82, 2.24) is 10.3 Å². The van der Waals surface area contributed by atoms with Crippen molar-refractivity contribution in [3.63, 3.8) is 0 Å². The summed E-state index contributed by atoms with van der Waals surface area (Å²) >= 11 is 0. The fourth-order valence-electron chi connectivity index (χ4n) is 4.62. The van der Waals surface area contributed by atoms with Crippen LogP contribution in [0, 0.1) is 12.8 Å². The number of fused-ring (bicyclic) bond motifs is 1. The minimum atomic E-state index is -0.277. The number of pyridine rings is 1. The van der Waals surface area contributed by atoms with Gasteiger partial charge in [-0.3, -0.25) is 9.59 Å². The van der Waals surface area contributed by atoms with Crippen molar-refractivity contribution in [2.24, 2.45) is 5.92 Å². The van der Waals surface area contributed by atoms with E-state index in [9.17, 15) is 9.59 Å². The third-order valence-corrected chi connectivity index (χ3v) is 6.73. The van der Waals surface area contributed by atoms with E-state index in [1.165, 1.54) is 32.1 Å². The number of aromatic amines is 1. The standard InChI is InChI=1S/C28H33N3O4/c1-17-10-11-20(27(32)29-16-19-8-6-5-7-9-19)13-23(17)30-18(2)22-12-21-14-25(34-3)26(35-4)15-24(21)31-28(22)33/h10-15,19,30H,2,5-9,16H2,1,3-4H3,(H,29,32)(H,31,33).